The van der Waals surface area contributed by atoms with Crippen molar-refractivity contribution in [2.24, 2.45) is 7.05 Å². The third-order valence-electron chi connectivity index (χ3n) is 2.74. The molecule has 0 saturated carbocycles. The van der Waals surface area contributed by atoms with Gasteiger partial charge in [-0.15, -0.1) is 0 Å². The van der Waals surface area contributed by atoms with E-state index in [1.807, 2.05) is 0 Å². The first-order valence-corrected chi connectivity index (χ1v) is 7.22. The van der Waals surface area contributed by atoms with E-state index >= 15 is 0 Å². The zero-order valence-electron chi connectivity index (χ0n) is 11.4. The number of hydrogen-bond acceptors (Lipinski definition) is 5. The van der Waals surface area contributed by atoms with Crippen molar-refractivity contribution in [3.05, 3.63) is 38.8 Å². The molecule has 0 fully saturated rings. The van der Waals surface area contributed by atoms with Crippen molar-refractivity contribution in [1.29, 1.82) is 5.26 Å². The van der Waals surface area contributed by atoms with E-state index in [4.69, 9.17) is 17.5 Å². The van der Waals surface area contributed by atoms with E-state index in [2.05, 4.69) is 14.0 Å². The standard InChI is InChI=1S/C11H10FN5O3S2/c1-16-11(21)17(10(18)14-16)9-4-8(15-22(19)20-2)6(5-13)3-7(9)12/h3-4,15H,1-2H3,(H,14,18). The fraction of sp³-hybridized carbons (Fsp3) is 0.182. The molecule has 1 aromatic heterocycles. The van der Waals surface area contributed by atoms with Gasteiger partial charge in [0, 0.05) is 7.05 Å². The van der Waals surface area contributed by atoms with Crippen molar-refractivity contribution in [1.82, 2.24) is 14.3 Å². The lowest BCUT2D eigenvalue weighted by molar-refractivity contribution is 0.449. The van der Waals surface area contributed by atoms with Crippen LogP contribution in [0.2, 0.25) is 0 Å². The average molecular weight is 343 g/mol. The van der Waals surface area contributed by atoms with Gasteiger partial charge in [-0.3, -0.25) is 13.6 Å². The normalized spacial score (nSPS) is 11.9. The van der Waals surface area contributed by atoms with Crippen LogP contribution in [0.15, 0.2) is 16.9 Å². The Balaban J connectivity index is 2.70. The number of aromatic nitrogens is 3. The molecule has 2 N–H and O–H groups in total. The number of nitriles is 1. The number of nitrogens with one attached hydrogen (secondary N) is 2. The molecule has 1 unspecified atom stereocenters. The van der Waals surface area contributed by atoms with Crippen molar-refractivity contribution in [2.45, 2.75) is 0 Å². The Morgan fingerprint density at radius 2 is 2.23 bits per heavy atom. The maximum Gasteiger partial charge on any atom is 0.347 e. The topological polar surface area (TPSA) is 105 Å². The molecule has 0 aliphatic rings. The van der Waals surface area contributed by atoms with Crippen LogP contribution in [0.4, 0.5) is 10.1 Å². The lowest BCUT2D eigenvalue weighted by Crippen LogP contribution is -2.17. The molecule has 0 aliphatic heterocycles. The van der Waals surface area contributed by atoms with Gasteiger partial charge in [0.05, 0.1) is 24.0 Å². The second-order valence-electron chi connectivity index (χ2n) is 4.06. The maximum atomic E-state index is 14.2. The highest BCUT2D eigenvalue weighted by Gasteiger charge is 2.16. The zero-order valence-corrected chi connectivity index (χ0v) is 13.0. The Morgan fingerprint density at radius 1 is 1.55 bits per heavy atom. The van der Waals surface area contributed by atoms with Crippen LogP contribution >= 0.6 is 12.2 Å². The smallest absolute Gasteiger partial charge is 0.281 e. The summed E-state index contributed by atoms with van der Waals surface area (Å²) in [5.74, 6) is -0.821. The number of benzene rings is 1. The van der Waals surface area contributed by atoms with Crippen LogP contribution in [-0.2, 0) is 22.5 Å². The van der Waals surface area contributed by atoms with Crippen LogP contribution in [0.5, 0.6) is 0 Å². The molecule has 0 amide bonds. The van der Waals surface area contributed by atoms with Crippen LogP contribution in [0, 0.1) is 21.9 Å². The van der Waals surface area contributed by atoms with E-state index in [-0.39, 0.29) is 21.7 Å². The Hall–Kier alpha value is -2.29. The highest BCUT2D eigenvalue weighted by Crippen LogP contribution is 2.23. The molecule has 2 rings (SSSR count). The van der Waals surface area contributed by atoms with Crippen molar-refractivity contribution in [2.75, 3.05) is 11.8 Å². The summed E-state index contributed by atoms with van der Waals surface area (Å²) < 4.78 is 34.7. The van der Waals surface area contributed by atoms with E-state index in [0.29, 0.717) is 0 Å². The highest BCUT2D eigenvalue weighted by molar-refractivity contribution is 7.81. The number of nitrogens with zero attached hydrogens (tertiary/aromatic N) is 3. The molecule has 2 aromatic rings. The van der Waals surface area contributed by atoms with Gasteiger partial charge in [-0.25, -0.2) is 23.1 Å². The fourth-order valence-corrected chi connectivity index (χ4v) is 2.39. The van der Waals surface area contributed by atoms with Gasteiger partial charge in [0.2, 0.25) is 4.77 Å². The summed E-state index contributed by atoms with van der Waals surface area (Å²) in [5.41, 5.74) is -0.869. The van der Waals surface area contributed by atoms with Crippen LogP contribution in [0.1, 0.15) is 5.56 Å². The fourth-order valence-electron chi connectivity index (χ4n) is 1.73. The number of H-pyrrole nitrogens is 1. The number of aryl methyl sites for hydroxylation is 1. The van der Waals surface area contributed by atoms with Crippen molar-refractivity contribution in [3.8, 4) is 11.8 Å². The van der Waals surface area contributed by atoms with Gasteiger partial charge < -0.3 is 0 Å². The summed E-state index contributed by atoms with van der Waals surface area (Å²) in [5, 5.41) is 11.4. The first-order valence-electron chi connectivity index (χ1n) is 5.74. The molecule has 0 aliphatic carbocycles. The quantitative estimate of drug-likeness (QED) is 0.802. The molecule has 0 spiro atoms. The van der Waals surface area contributed by atoms with Crippen LogP contribution in [0.3, 0.4) is 0 Å². The Kier molecular flexibility index (Phi) is 4.55. The minimum atomic E-state index is -1.92. The number of aromatic amines is 1. The number of rotatable bonds is 4. The summed E-state index contributed by atoms with van der Waals surface area (Å²) in [6.45, 7) is 0. The molecule has 8 nitrogen and oxygen atoms in total. The summed E-state index contributed by atoms with van der Waals surface area (Å²) in [7, 11) is 2.69. The van der Waals surface area contributed by atoms with E-state index in [1.54, 1.807) is 6.07 Å². The third kappa shape index (κ3) is 2.84. The van der Waals surface area contributed by atoms with Crippen LogP contribution < -0.4 is 10.4 Å². The summed E-state index contributed by atoms with van der Waals surface area (Å²) >= 11 is 3.11. The first-order chi connectivity index (χ1) is 10.4. The molecule has 0 radical (unpaired) electrons. The summed E-state index contributed by atoms with van der Waals surface area (Å²) in [4.78, 5) is 11.8. The molecule has 0 saturated heterocycles. The lowest BCUT2D eigenvalue weighted by atomic mass is 10.1. The zero-order chi connectivity index (χ0) is 16.4. The lowest BCUT2D eigenvalue weighted by Gasteiger charge is -2.09. The molecule has 1 atom stereocenters. The van der Waals surface area contributed by atoms with E-state index in [1.165, 1.54) is 18.8 Å². The van der Waals surface area contributed by atoms with E-state index in [0.717, 1.165) is 16.7 Å². The highest BCUT2D eigenvalue weighted by atomic mass is 32.2. The predicted octanol–water partition coefficient (Wildman–Crippen LogP) is 0.881. The Morgan fingerprint density at radius 3 is 2.73 bits per heavy atom. The molecule has 22 heavy (non-hydrogen) atoms. The number of anilines is 1. The average Bonchev–Trinajstić information content (AvgIpc) is 2.73. The Labute approximate surface area is 131 Å². The van der Waals surface area contributed by atoms with Crippen molar-refractivity contribution < 1.29 is 12.8 Å². The van der Waals surface area contributed by atoms with Gasteiger partial charge in [-0.05, 0) is 24.4 Å². The van der Waals surface area contributed by atoms with Crippen LogP contribution in [0.25, 0.3) is 5.69 Å². The van der Waals surface area contributed by atoms with Gasteiger partial charge in [0.1, 0.15) is 11.9 Å². The molecule has 1 heterocycles. The first kappa shape index (κ1) is 16.1. The largest absolute Gasteiger partial charge is 0.347 e. The molecule has 11 heteroatoms. The molecular weight excluding hydrogens is 333 g/mol. The van der Waals surface area contributed by atoms with Gasteiger partial charge in [-0.2, -0.15) is 5.26 Å². The second-order valence-corrected chi connectivity index (χ2v) is 5.43. The van der Waals surface area contributed by atoms with Crippen LogP contribution in [-0.4, -0.2) is 25.7 Å². The van der Waals surface area contributed by atoms with Crippen molar-refractivity contribution >= 4 is 29.2 Å². The SMILES string of the molecule is COS(=O)Nc1cc(-n2c(=O)[nH]n(C)c2=S)c(F)cc1C#N. The van der Waals surface area contributed by atoms with Gasteiger partial charge in [0.15, 0.2) is 0 Å². The third-order valence-corrected chi connectivity index (χ3v) is 3.88. The monoisotopic (exact) mass is 343 g/mol. The molecule has 1 aromatic carbocycles. The summed E-state index contributed by atoms with van der Waals surface area (Å²) in [6.07, 6.45) is 0. The molecular formula is C11H10FN5O3S2. The minimum absolute atomic E-state index is 0.0346. The van der Waals surface area contributed by atoms with Crippen molar-refractivity contribution in [3.63, 3.8) is 0 Å². The summed E-state index contributed by atoms with van der Waals surface area (Å²) in [6, 6.07) is 3.84. The van der Waals surface area contributed by atoms with Gasteiger partial charge >= 0.3 is 5.69 Å². The molecule has 0 bridgehead atoms. The number of halogens is 1. The Bertz CT molecular complexity index is 908. The van der Waals surface area contributed by atoms with E-state index < -0.39 is 22.8 Å². The second kappa shape index (κ2) is 6.22. The van der Waals surface area contributed by atoms with Gasteiger partial charge in [0.25, 0.3) is 11.3 Å². The maximum absolute atomic E-state index is 14.2. The molecule has 116 valence electrons. The predicted molar refractivity (Wildman–Crippen MR) is 79.6 cm³/mol. The van der Waals surface area contributed by atoms with Gasteiger partial charge in [-0.1, -0.05) is 0 Å². The number of hydrogen-bond donors (Lipinski definition) is 2. The van der Waals surface area contributed by atoms with E-state index in [9.17, 15) is 13.4 Å². The minimum Gasteiger partial charge on any atom is -0.281 e.